The van der Waals surface area contributed by atoms with Gasteiger partial charge in [-0.3, -0.25) is 9.98 Å². The van der Waals surface area contributed by atoms with E-state index in [9.17, 15) is 26.3 Å². The molecule has 0 amide bonds. The molecule has 0 spiro atoms. The number of hydrogen-bond donors (Lipinski definition) is 0. The minimum atomic E-state index is -4.26. The van der Waals surface area contributed by atoms with Gasteiger partial charge in [-0.05, 0) is 138 Å². The topological polar surface area (TPSA) is 43.2 Å². The van der Waals surface area contributed by atoms with Crippen LogP contribution in [-0.2, 0) is 19.7 Å². The van der Waals surface area contributed by atoms with E-state index in [1.54, 1.807) is 0 Å². The first-order chi connectivity index (χ1) is 25.0. The van der Waals surface area contributed by atoms with Crippen LogP contribution < -0.4 is 0 Å². The summed E-state index contributed by atoms with van der Waals surface area (Å²) in [4.78, 5) is 11.1. The molecule has 55 heavy (non-hydrogen) atoms. The normalized spacial score (nSPS) is 28.0. The van der Waals surface area contributed by atoms with Crippen LogP contribution in [0.15, 0.2) is 9.98 Å². The van der Waals surface area contributed by atoms with E-state index in [4.69, 9.17) is 18.8 Å². The first-order valence-corrected chi connectivity index (χ1v) is 32.1. The fourth-order valence-electron chi connectivity index (χ4n) is 8.45. The molecule has 0 heterocycles. The van der Waals surface area contributed by atoms with Crippen molar-refractivity contribution < 1.29 is 46.1 Å². The average Bonchev–Trinajstić information content (AvgIpc) is 3.01. The molecule has 0 aromatic heterocycles. The van der Waals surface area contributed by atoms with Gasteiger partial charge in [0.2, 0.25) is 0 Å². The predicted molar refractivity (Wildman–Crippen MR) is 228 cm³/mol. The van der Waals surface area contributed by atoms with E-state index in [1.165, 1.54) is 10.9 Å². The molecule has 15 heteroatoms. The number of hydrogen-bond acceptors (Lipinski definition) is 4. The van der Waals surface area contributed by atoms with Crippen LogP contribution in [0, 0.1) is 59.2 Å². The molecule has 4 unspecified atom stereocenters. The average molecular weight is 1000 g/mol. The molecule has 0 saturated heterocycles. The SMILES string of the molecule is CC(C)C1CC(C(F)(F)F)CC(C(C)C)C1N=C(CCCO[Si](C)(C)C)C(CCCO[Si](C)(C)C)=NC1C(C(C)C)CC(C(F)(F)F)CC1C(C)C.[Br][Ni][Br]. The van der Waals surface area contributed by atoms with Crippen molar-refractivity contribution >= 4 is 56.5 Å². The van der Waals surface area contributed by atoms with Gasteiger partial charge >= 0.3 is 51.7 Å². The third-order valence-electron chi connectivity index (χ3n) is 11.5. The van der Waals surface area contributed by atoms with Gasteiger partial charge in [0, 0.05) is 13.2 Å². The van der Waals surface area contributed by atoms with Gasteiger partial charge in [-0.1, -0.05) is 55.4 Å². The Balaban J connectivity index is 0.00000487. The van der Waals surface area contributed by atoms with Crippen molar-refractivity contribution in [3.05, 3.63) is 0 Å². The number of halogens is 8. The van der Waals surface area contributed by atoms with Crippen LogP contribution >= 0.6 is 28.5 Å². The molecular weight excluding hydrogens is 929 g/mol. The predicted octanol–water partition coefficient (Wildman–Crippen LogP) is 14.6. The van der Waals surface area contributed by atoms with Gasteiger partial charge in [0.15, 0.2) is 16.6 Å². The van der Waals surface area contributed by atoms with E-state index in [0.717, 1.165) is 11.4 Å². The number of aliphatic imine (C=N–C) groups is 2. The van der Waals surface area contributed by atoms with Crippen LogP contribution in [0.5, 0.6) is 0 Å². The fraction of sp³-hybridized carbons (Fsp3) is 0.950. The van der Waals surface area contributed by atoms with Gasteiger partial charge < -0.3 is 8.85 Å². The summed E-state index contributed by atoms with van der Waals surface area (Å²) in [5.74, 6) is -3.77. The van der Waals surface area contributed by atoms with Gasteiger partial charge in [0.05, 0.1) is 35.3 Å². The molecule has 0 aromatic rings. The number of nitrogens with zero attached hydrogens (tertiary/aromatic N) is 2. The molecule has 2 saturated carbocycles. The van der Waals surface area contributed by atoms with Gasteiger partial charge in [-0.2, -0.15) is 26.3 Å². The second kappa shape index (κ2) is 23.7. The van der Waals surface area contributed by atoms with Crippen molar-refractivity contribution in [2.45, 2.75) is 170 Å². The third kappa shape index (κ3) is 19.3. The molecule has 4 nitrogen and oxygen atoms in total. The summed E-state index contributed by atoms with van der Waals surface area (Å²) in [7, 11) is -2.35. The first-order valence-electron chi connectivity index (χ1n) is 20.4. The summed E-state index contributed by atoms with van der Waals surface area (Å²) < 4.78 is 98.4. The van der Waals surface area contributed by atoms with E-state index in [0.29, 0.717) is 38.9 Å². The van der Waals surface area contributed by atoms with Crippen LogP contribution in [0.3, 0.4) is 0 Å². The van der Waals surface area contributed by atoms with Gasteiger partial charge in [0.25, 0.3) is 0 Å². The molecule has 0 aromatic carbocycles. The second-order valence-electron chi connectivity index (χ2n) is 19.4. The van der Waals surface area contributed by atoms with Crippen molar-refractivity contribution in [1.82, 2.24) is 0 Å². The van der Waals surface area contributed by atoms with E-state index in [2.05, 4.69) is 67.7 Å². The van der Waals surface area contributed by atoms with E-state index in [1.807, 2.05) is 55.4 Å². The standard InChI is InChI=1S/C40H74F6N2O2Si2.2BrH.Ni/c1-25(2)31-21-29(39(41,42)43)22-32(26(3)4)37(31)47-35(17-15-19-49-51(9,10)11)36(18-16-20-50-52(12,13)14)48-38-33(27(5)6)23-30(40(44,45)46)24-34(38)28(7)8;;;/h25-34,37-38H,15-24H2,1-14H3;2*1H;/q;;;+2/p-2. The van der Waals surface area contributed by atoms with Crippen LogP contribution in [-0.4, -0.2) is 65.7 Å². The Labute approximate surface area is 353 Å². The Morgan fingerprint density at radius 1 is 0.564 bits per heavy atom. The van der Waals surface area contributed by atoms with Crippen molar-refractivity contribution in [3.8, 4) is 0 Å². The molecule has 2 rings (SSSR count). The second-order valence-corrected chi connectivity index (χ2v) is 33.4. The number of alkyl halides is 6. The molecule has 2 aliphatic carbocycles. The monoisotopic (exact) mass is 1000 g/mol. The van der Waals surface area contributed by atoms with Crippen LogP contribution in [0.2, 0.25) is 39.3 Å². The maximum atomic E-state index is 14.3. The summed E-state index contributed by atoms with van der Waals surface area (Å²) in [5, 5.41) is 0. The molecule has 0 N–H and O–H groups in total. The van der Waals surface area contributed by atoms with E-state index < -0.39 is 40.8 Å². The molecule has 0 bridgehead atoms. The fourth-order valence-corrected chi connectivity index (χ4v) is 9.96. The Kier molecular flexibility index (Phi) is 23.1. The molecule has 2 aliphatic rings. The summed E-state index contributed by atoms with van der Waals surface area (Å²) in [6.45, 7) is 30.0. The molecule has 4 atom stereocenters. The van der Waals surface area contributed by atoms with E-state index in [-0.39, 0.29) is 85.1 Å². The first kappa shape index (κ1) is 53.7. The van der Waals surface area contributed by atoms with Gasteiger partial charge in [-0.25, -0.2) is 0 Å². The van der Waals surface area contributed by atoms with Gasteiger partial charge in [-0.15, -0.1) is 0 Å². The zero-order valence-corrected chi connectivity index (χ0v) is 42.2. The van der Waals surface area contributed by atoms with E-state index >= 15 is 0 Å². The zero-order chi connectivity index (χ0) is 42.7. The third-order valence-corrected chi connectivity index (χ3v) is 13.6. The minimum absolute atomic E-state index is 0.00422. The van der Waals surface area contributed by atoms with Crippen molar-refractivity contribution in [2.75, 3.05) is 13.2 Å². The summed E-state index contributed by atoms with van der Waals surface area (Å²) in [5.41, 5.74) is 1.61. The Hall–Kier alpha value is 0.727. The van der Waals surface area contributed by atoms with Gasteiger partial charge in [0.1, 0.15) is 0 Å². The molecule has 0 aliphatic heterocycles. The summed E-state index contributed by atoms with van der Waals surface area (Å²) >= 11 is 6.00. The summed E-state index contributed by atoms with van der Waals surface area (Å²) in [6, 6.07) is -0.615. The summed E-state index contributed by atoms with van der Waals surface area (Å²) in [6.07, 6.45) is -5.84. The molecule has 330 valence electrons. The Bertz CT molecular complexity index is 1050. The molecule has 2 fully saturated rings. The van der Waals surface area contributed by atoms with Crippen LogP contribution in [0.1, 0.15) is 107 Å². The zero-order valence-electron chi connectivity index (χ0n) is 36.1. The van der Waals surface area contributed by atoms with Crippen molar-refractivity contribution in [1.29, 1.82) is 0 Å². The van der Waals surface area contributed by atoms with Crippen molar-refractivity contribution in [2.24, 2.45) is 69.2 Å². The molecular formula is C40H74Br2F6N2NiO2Si2. The Morgan fingerprint density at radius 3 is 0.982 bits per heavy atom. The maximum absolute atomic E-state index is 14.3. The molecule has 0 radical (unpaired) electrons. The van der Waals surface area contributed by atoms with Crippen LogP contribution in [0.4, 0.5) is 26.3 Å². The van der Waals surface area contributed by atoms with Crippen LogP contribution in [0.25, 0.3) is 0 Å². The van der Waals surface area contributed by atoms with Crippen molar-refractivity contribution in [3.63, 3.8) is 0 Å². The number of rotatable bonds is 17. The quantitative estimate of drug-likeness (QED) is 0.0631. The Morgan fingerprint density at radius 2 is 0.800 bits per heavy atom.